The Morgan fingerprint density at radius 1 is 1.40 bits per heavy atom. The van der Waals surface area contributed by atoms with Gasteiger partial charge in [0, 0.05) is 22.3 Å². The van der Waals surface area contributed by atoms with Gasteiger partial charge in [0.05, 0.1) is 6.61 Å². The van der Waals surface area contributed by atoms with Crippen LogP contribution in [0.1, 0.15) is 35.2 Å². The van der Waals surface area contributed by atoms with Crippen LogP contribution in [0.25, 0.3) is 0 Å². The van der Waals surface area contributed by atoms with Gasteiger partial charge in [-0.2, -0.15) is 0 Å². The van der Waals surface area contributed by atoms with E-state index in [0.29, 0.717) is 18.5 Å². The molecule has 86 valence electrons. The Morgan fingerprint density at radius 3 is 2.47 bits per heavy atom. The second kappa shape index (κ2) is 5.64. The topological polar surface area (TPSA) is 32.3 Å². The van der Waals surface area contributed by atoms with E-state index in [0.717, 1.165) is 0 Å². The van der Waals surface area contributed by atoms with Gasteiger partial charge in [0.15, 0.2) is 0 Å². The Hall–Kier alpha value is -0.380. The van der Waals surface area contributed by atoms with Crippen molar-refractivity contribution >= 4 is 11.3 Å². The van der Waals surface area contributed by atoms with Crippen molar-refractivity contribution in [2.45, 2.75) is 33.7 Å². The van der Waals surface area contributed by atoms with Crippen LogP contribution in [-0.2, 0) is 0 Å². The molecular weight excluding hydrogens is 206 g/mol. The summed E-state index contributed by atoms with van der Waals surface area (Å²) < 4.78 is 0. The molecule has 0 aliphatic rings. The molecular formula is C12H21NOS. The van der Waals surface area contributed by atoms with Gasteiger partial charge < -0.3 is 10.4 Å². The lowest BCUT2D eigenvalue weighted by Gasteiger charge is -2.22. The molecule has 1 aromatic heterocycles. The number of rotatable bonds is 5. The molecule has 3 heteroatoms. The molecule has 0 amide bonds. The molecule has 2 N–H and O–H groups in total. The highest BCUT2D eigenvalue weighted by atomic mass is 32.1. The van der Waals surface area contributed by atoms with E-state index in [1.165, 1.54) is 15.3 Å². The van der Waals surface area contributed by atoms with Crippen LogP contribution in [-0.4, -0.2) is 18.3 Å². The molecule has 0 fully saturated rings. The summed E-state index contributed by atoms with van der Waals surface area (Å²) >= 11 is 1.85. The first kappa shape index (κ1) is 12.7. The first-order valence-corrected chi connectivity index (χ1v) is 6.29. The number of aliphatic hydroxyl groups is 1. The molecule has 0 bridgehead atoms. The molecule has 0 saturated heterocycles. The number of thiophene rings is 1. The summed E-state index contributed by atoms with van der Waals surface area (Å²) in [5.74, 6) is 0.546. The molecule has 0 saturated carbocycles. The fourth-order valence-corrected chi connectivity index (χ4v) is 2.86. The van der Waals surface area contributed by atoms with E-state index in [1.54, 1.807) is 0 Å². The quantitative estimate of drug-likeness (QED) is 0.810. The van der Waals surface area contributed by atoms with Crippen molar-refractivity contribution in [2.24, 2.45) is 5.92 Å². The zero-order valence-corrected chi connectivity index (χ0v) is 10.8. The summed E-state index contributed by atoms with van der Waals surface area (Å²) in [6, 6.07) is 2.62. The van der Waals surface area contributed by atoms with E-state index in [9.17, 15) is 0 Å². The Balaban J connectivity index is 2.83. The van der Waals surface area contributed by atoms with E-state index >= 15 is 0 Å². The maximum atomic E-state index is 8.86. The number of hydrogen-bond acceptors (Lipinski definition) is 3. The lowest BCUT2D eigenvalue weighted by molar-refractivity contribution is 0.274. The van der Waals surface area contributed by atoms with Crippen LogP contribution in [0.5, 0.6) is 0 Å². The van der Waals surface area contributed by atoms with Gasteiger partial charge in [0.1, 0.15) is 0 Å². The molecule has 0 radical (unpaired) electrons. The predicted octanol–water partition coefficient (Wildman–Crippen LogP) is 2.64. The van der Waals surface area contributed by atoms with Crippen molar-refractivity contribution in [1.82, 2.24) is 5.32 Å². The summed E-state index contributed by atoms with van der Waals surface area (Å²) in [6.07, 6.45) is 0. The number of aryl methyl sites for hydroxylation is 2. The molecule has 1 heterocycles. The van der Waals surface area contributed by atoms with Gasteiger partial charge in [0.25, 0.3) is 0 Å². The van der Waals surface area contributed by atoms with Gasteiger partial charge in [-0.05, 0) is 31.4 Å². The lowest BCUT2D eigenvalue weighted by Crippen LogP contribution is -2.28. The van der Waals surface area contributed by atoms with Crippen LogP contribution in [0, 0.1) is 19.8 Å². The molecule has 1 atom stereocenters. The SMILES string of the molecule is Cc1cc(C(NCCO)C(C)C)c(C)s1. The van der Waals surface area contributed by atoms with Gasteiger partial charge in [0.2, 0.25) is 0 Å². The highest BCUT2D eigenvalue weighted by molar-refractivity contribution is 7.12. The third-order valence-corrected chi connectivity index (χ3v) is 3.54. The van der Waals surface area contributed by atoms with Crippen LogP contribution < -0.4 is 5.32 Å². The Morgan fingerprint density at radius 2 is 2.07 bits per heavy atom. The molecule has 1 aromatic rings. The van der Waals surface area contributed by atoms with Crippen LogP contribution >= 0.6 is 11.3 Å². The number of nitrogens with one attached hydrogen (secondary N) is 1. The number of aliphatic hydroxyl groups excluding tert-OH is 1. The molecule has 1 unspecified atom stereocenters. The van der Waals surface area contributed by atoms with Gasteiger partial charge in [-0.1, -0.05) is 13.8 Å². The predicted molar refractivity (Wildman–Crippen MR) is 66.5 cm³/mol. The summed E-state index contributed by atoms with van der Waals surface area (Å²) in [5, 5.41) is 12.3. The maximum absolute atomic E-state index is 8.86. The third-order valence-electron chi connectivity index (χ3n) is 2.56. The second-order valence-electron chi connectivity index (χ2n) is 4.27. The summed E-state index contributed by atoms with van der Waals surface area (Å²) in [4.78, 5) is 2.75. The van der Waals surface area contributed by atoms with E-state index < -0.39 is 0 Å². The van der Waals surface area contributed by atoms with E-state index in [2.05, 4.69) is 39.1 Å². The van der Waals surface area contributed by atoms with Gasteiger partial charge in [-0.3, -0.25) is 0 Å². The first-order chi connectivity index (χ1) is 7.06. The lowest BCUT2D eigenvalue weighted by atomic mass is 9.96. The van der Waals surface area contributed by atoms with Crippen molar-refractivity contribution in [3.05, 3.63) is 21.4 Å². The zero-order valence-electron chi connectivity index (χ0n) is 10.0. The Kier molecular flexibility index (Phi) is 4.77. The summed E-state index contributed by atoms with van der Waals surface area (Å²) in [6.45, 7) is 9.60. The van der Waals surface area contributed by atoms with Gasteiger partial charge >= 0.3 is 0 Å². The van der Waals surface area contributed by atoms with E-state index in [1.807, 2.05) is 11.3 Å². The minimum absolute atomic E-state index is 0.200. The van der Waals surface area contributed by atoms with Crippen molar-refractivity contribution in [1.29, 1.82) is 0 Å². The van der Waals surface area contributed by atoms with Crippen LogP contribution in [0.15, 0.2) is 6.07 Å². The van der Waals surface area contributed by atoms with Crippen molar-refractivity contribution < 1.29 is 5.11 Å². The summed E-state index contributed by atoms with van der Waals surface area (Å²) in [7, 11) is 0. The molecule has 0 aromatic carbocycles. The molecule has 15 heavy (non-hydrogen) atoms. The molecule has 1 rings (SSSR count). The minimum atomic E-state index is 0.200. The molecule has 0 aliphatic heterocycles. The Labute approximate surface area is 96.3 Å². The highest BCUT2D eigenvalue weighted by Gasteiger charge is 2.18. The molecule has 0 spiro atoms. The fraction of sp³-hybridized carbons (Fsp3) is 0.667. The molecule has 0 aliphatic carbocycles. The van der Waals surface area contributed by atoms with Crippen LogP contribution in [0.2, 0.25) is 0 Å². The standard InChI is InChI=1S/C12H21NOS/c1-8(2)12(13-5-6-14)11-7-9(3)15-10(11)4/h7-8,12-14H,5-6H2,1-4H3. The zero-order chi connectivity index (χ0) is 11.4. The first-order valence-electron chi connectivity index (χ1n) is 5.47. The highest BCUT2D eigenvalue weighted by Crippen LogP contribution is 2.30. The second-order valence-corrected chi connectivity index (χ2v) is 5.73. The van der Waals surface area contributed by atoms with Crippen molar-refractivity contribution in [2.75, 3.05) is 13.2 Å². The van der Waals surface area contributed by atoms with Gasteiger partial charge in [-0.15, -0.1) is 11.3 Å². The van der Waals surface area contributed by atoms with E-state index in [-0.39, 0.29) is 6.61 Å². The average Bonchev–Trinajstić information content (AvgIpc) is 2.46. The van der Waals surface area contributed by atoms with Gasteiger partial charge in [-0.25, -0.2) is 0 Å². The normalized spacial score (nSPS) is 13.5. The minimum Gasteiger partial charge on any atom is -0.395 e. The van der Waals surface area contributed by atoms with E-state index in [4.69, 9.17) is 5.11 Å². The largest absolute Gasteiger partial charge is 0.395 e. The molecule has 2 nitrogen and oxygen atoms in total. The van der Waals surface area contributed by atoms with Crippen molar-refractivity contribution in [3.8, 4) is 0 Å². The fourth-order valence-electron chi connectivity index (χ4n) is 1.88. The van der Waals surface area contributed by atoms with Crippen molar-refractivity contribution in [3.63, 3.8) is 0 Å². The Bertz CT molecular complexity index is 307. The monoisotopic (exact) mass is 227 g/mol. The number of hydrogen-bond donors (Lipinski definition) is 2. The third kappa shape index (κ3) is 3.30. The van der Waals surface area contributed by atoms with Crippen LogP contribution in [0.3, 0.4) is 0 Å². The maximum Gasteiger partial charge on any atom is 0.0556 e. The smallest absolute Gasteiger partial charge is 0.0556 e. The van der Waals surface area contributed by atoms with Crippen LogP contribution in [0.4, 0.5) is 0 Å². The summed E-state index contributed by atoms with van der Waals surface area (Å²) in [5.41, 5.74) is 1.39. The average molecular weight is 227 g/mol.